The number of carbonyl (C=O) groups is 1. The molecule has 0 unspecified atom stereocenters. The van der Waals surface area contributed by atoms with Crippen LogP contribution >= 0.6 is 12.6 Å². The van der Waals surface area contributed by atoms with Crippen molar-refractivity contribution in [3.63, 3.8) is 0 Å². The summed E-state index contributed by atoms with van der Waals surface area (Å²) >= 11 is 4.32. The standard InChI is InChI=1S/C24H30N2O3S/c1-23(2,3)16-13-15(14-17(21(16)28)24(4,5)6)11-12-20(27)29-26-19-10-8-7-9-18(19)25-22(26)30/h7-10,13-14,28H,11-12H2,1-6H3,(H,25,30). The molecule has 0 aliphatic rings. The first-order valence-electron chi connectivity index (χ1n) is 10.1. The predicted molar refractivity (Wildman–Crippen MR) is 122 cm³/mol. The maximum atomic E-state index is 12.6. The lowest BCUT2D eigenvalue weighted by Crippen LogP contribution is -2.21. The Morgan fingerprint density at radius 2 is 1.63 bits per heavy atom. The smallest absolute Gasteiger partial charge is 0.333 e. The molecule has 0 radical (unpaired) electrons. The lowest BCUT2D eigenvalue weighted by atomic mass is 9.78. The monoisotopic (exact) mass is 426 g/mol. The van der Waals surface area contributed by atoms with Crippen molar-refractivity contribution in [2.24, 2.45) is 0 Å². The number of hydrogen-bond acceptors (Lipinski definition) is 5. The summed E-state index contributed by atoms with van der Waals surface area (Å²) < 4.78 is 1.36. The van der Waals surface area contributed by atoms with Crippen molar-refractivity contribution in [1.29, 1.82) is 0 Å². The highest BCUT2D eigenvalue weighted by atomic mass is 32.1. The molecule has 2 aromatic carbocycles. The second-order valence-corrected chi connectivity index (χ2v) is 10.1. The zero-order chi connectivity index (χ0) is 22.3. The number of nitrogens with zero attached hydrogens (tertiary/aromatic N) is 2. The molecule has 160 valence electrons. The van der Waals surface area contributed by atoms with Gasteiger partial charge < -0.3 is 9.94 Å². The molecule has 0 bridgehead atoms. The van der Waals surface area contributed by atoms with E-state index in [4.69, 9.17) is 4.84 Å². The Morgan fingerprint density at radius 3 is 2.20 bits per heavy atom. The van der Waals surface area contributed by atoms with Crippen LogP contribution < -0.4 is 4.84 Å². The molecule has 5 nitrogen and oxygen atoms in total. The maximum absolute atomic E-state index is 12.6. The van der Waals surface area contributed by atoms with Gasteiger partial charge >= 0.3 is 5.97 Å². The van der Waals surface area contributed by atoms with Gasteiger partial charge in [0, 0.05) is 0 Å². The number of fused-ring (bicyclic) bond motifs is 1. The largest absolute Gasteiger partial charge is 0.507 e. The van der Waals surface area contributed by atoms with Crippen LogP contribution in [-0.2, 0) is 22.0 Å². The molecule has 6 heteroatoms. The molecule has 0 atom stereocenters. The molecule has 1 heterocycles. The molecule has 0 spiro atoms. The highest BCUT2D eigenvalue weighted by molar-refractivity contribution is 7.80. The van der Waals surface area contributed by atoms with E-state index in [2.05, 4.69) is 59.2 Å². The molecule has 0 saturated heterocycles. The minimum atomic E-state index is -0.365. The van der Waals surface area contributed by atoms with Crippen molar-refractivity contribution in [2.75, 3.05) is 0 Å². The van der Waals surface area contributed by atoms with Crippen LogP contribution in [0.2, 0.25) is 0 Å². The van der Waals surface area contributed by atoms with Crippen molar-refractivity contribution in [3.05, 3.63) is 53.1 Å². The molecule has 1 N–H and O–H groups in total. The molecule has 30 heavy (non-hydrogen) atoms. The highest BCUT2D eigenvalue weighted by Crippen LogP contribution is 2.40. The Hall–Kier alpha value is -2.47. The van der Waals surface area contributed by atoms with E-state index >= 15 is 0 Å². The second kappa shape index (κ2) is 7.99. The van der Waals surface area contributed by atoms with E-state index < -0.39 is 0 Å². The topological polar surface area (TPSA) is 64.4 Å². The van der Waals surface area contributed by atoms with Gasteiger partial charge in [0.05, 0.1) is 11.9 Å². The number of carbonyl (C=O) groups excluding carboxylic acids is 1. The molecule has 0 aliphatic heterocycles. The number of rotatable bonds is 4. The van der Waals surface area contributed by atoms with Gasteiger partial charge in [0.1, 0.15) is 11.3 Å². The number of aromatic hydroxyl groups is 1. The van der Waals surface area contributed by atoms with E-state index in [-0.39, 0.29) is 23.2 Å². The molecule has 0 fully saturated rings. The maximum Gasteiger partial charge on any atom is 0.333 e. The number of imidazole rings is 1. The highest BCUT2D eigenvalue weighted by Gasteiger charge is 2.26. The van der Waals surface area contributed by atoms with Crippen LogP contribution in [0.1, 0.15) is 64.7 Å². The molecule has 0 amide bonds. The van der Waals surface area contributed by atoms with E-state index in [0.717, 1.165) is 22.2 Å². The van der Waals surface area contributed by atoms with Crippen LogP contribution in [0.15, 0.2) is 41.6 Å². The number of aromatic nitrogens is 2. The lowest BCUT2D eigenvalue weighted by Gasteiger charge is -2.28. The molecule has 3 rings (SSSR count). The SMILES string of the molecule is CC(C)(C)c1cc(CCC(=O)On2c(S)nc3ccccc32)cc(C(C)(C)C)c1O. The summed E-state index contributed by atoms with van der Waals surface area (Å²) in [6.45, 7) is 12.4. The first-order valence-corrected chi connectivity index (χ1v) is 10.6. The second-order valence-electron chi connectivity index (χ2n) is 9.70. The summed E-state index contributed by atoms with van der Waals surface area (Å²) in [6, 6.07) is 11.4. The number of phenolic OH excluding ortho intramolecular Hbond substituents is 1. The zero-order valence-corrected chi connectivity index (χ0v) is 19.4. The van der Waals surface area contributed by atoms with Crippen LogP contribution in [0.4, 0.5) is 0 Å². The summed E-state index contributed by atoms with van der Waals surface area (Å²) in [5, 5.41) is 11.2. The van der Waals surface area contributed by atoms with Gasteiger partial charge in [-0.05, 0) is 46.1 Å². The fraction of sp³-hybridized carbons (Fsp3) is 0.417. The lowest BCUT2D eigenvalue weighted by molar-refractivity contribution is -0.144. The molecular weight excluding hydrogens is 396 g/mol. The first kappa shape index (κ1) is 22.2. The van der Waals surface area contributed by atoms with E-state index in [0.29, 0.717) is 22.8 Å². The van der Waals surface area contributed by atoms with E-state index in [1.165, 1.54) is 4.73 Å². The van der Waals surface area contributed by atoms with E-state index in [9.17, 15) is 9.90 Å². The van der Waals surface area contributed by atoms with Gasteiger partial charge in [-0.1, -0.05) is 65.8 Å². The number of benzene rings is 2. The Labute approximate surface area is 183 Å². The van der Waals surface area contributed by atoms with Gasteiger partial charge in [0.2, 0.25) is 5.16 Å². The van der Waals surface area contributed by atoms with Gasteiger partial charge in [-0.3, -0.25) is 0 Å². The third kappa shape index (κ3) is 4.64. The van der Waals surface area contributed by atoms with Crippen molar-refractivity contribution in [2.45, 2.75) is 70.4 Å². The third-order valence-corrected chi connectivity index (χ3v) is 5.38. The van der Waals surface area contributed by atoms with E-state index in [1.807, 2.05) is 36.4 Å². The zero-order valence-electron chi connectivity index (χ0n) is 18.5. The van der Waals surface area contributed by atoms with Gasteiger partial charge in [-0.2, -0.15) is 0 Å². The molecule has 0 aliphatic carbocycles. The van der Waals surface area contributed by atoms with Crippen molar-refractivity contribution in [3.8, 4) is 5.75 Å². The summed E-state index contributed by atoms with van der Waals surface area (Å²) in [4.78, 5) is 22.4. The van der Waals surface area contributed by atoms with Crippen LogP contribution in [0, 0.1) is 0 Å². The minimum absolute atomic E-state index is 0.206. The normalized spacial score (nSPS) is 12.4. The Bertz CT molecular complexity index is 1050. The quantitative estimate of drug-likeness (QED) is 0.562. The van der Waals surface area contributed by atoms with Crippen molar-refractivity contribution >= 4 is 29.6 Å². The fourth-order valence-corrected chi connectivity index (χ4v) is 3.71. The summed E-state index contributed by atoms with van der Waals surface area (Å²) in [5.41, 5.74) is 3.77. The van der Waals surface area contributed by atoms with Gasteiger partial charge in [-0.15, -0.1) is 17.4 Å². The van der Waals surface area contributed by atoms with Crippen LogP contribution in [0.5, 0.6) is 5.75 Å². The summed E-state index contributed by atoms with van der Waals surface area (Å²) in [6.07, 6.45) is 0.720. The predicted octanol–water partition coefficient (Wildman–Crippen LogP) is 5.21. The fourth-order valence-electron chi connectivity index (χ4n) is 3.46. The number of phenols is 1. The Balaban J connectivity index is 1.82. The van der Waals surface area contributed by atoms with Gasteiger partial charge in [-0.25, -0.2) is 9.78 Å². The number of para-hydroxylation sites is 2. The first-order chi connectivity index (χ1) is 13.9. The van der Waals surface area contributed by atoms with Gasteiger partial charge in [0.25, 0.3) is 0 Å². The average molecular weight is 427 g/mol. The Morgan fingerprint density at radius 1 is 1.07 bits per heavy atom. The number of aryl methyl sites for hydroxylation is 1. The molecular formula is C24H30N2O3S. The van der Waals surface area contributed by atoms with Crippen LogP contribution in [0.25, 0.3) is 11.0 Å². The van der Waals surface area contributed by atoms with Gasteiger partial charge in [0.15, 0.2) is 0 Å². The van der Waals surface area contributed by atoms with Crippen molar-refractivity contribution < 1.29 is 14.7 Å². The van der Waals surface area contributed by atoms with Crippen molar-refractivity contribution in [1.82, 2.24) is 9.71 Å². The molecule has 0 saturated carbocycles. The van der Waals surface area contributed by atoms with E-state index in [1.54, 1.807) is 0 Å². The third-order valence-electron chi connectivity index (χ3n) is 5.10. The summed E-state index contributed by atoms with van der Waals surface area (Å²) in [5.74, 6) is -0.0259. The minimum Gasteiger partial charge on any atom is -0.507 e. The van der Waals surface area contributed by atoms with Crippen LogP contribution in [-0.4, -0.2) is 20.8 Å². The molecule has 3 aromatic rings. The molecule has 1 aromatic heterocycles. The van der Waals surface area contributed by atoms with Crippen LogP contribution in [0.3, 0.4) is 0 Å². The number of thiol groups is 1. The number of hydrogen-bond donors (Lipinski definition) is 2. The average Bonchev–Trinajstić information content (AvgIpc) is 2.94. The Kier molecular flexibility index (Phi) is 5.92. The summed E-state index contributed by atoms with van der Waals surface area (Å²) in [7, 11) is 0.